The number of anilines is 2. The predicted octanol–water partition coefficient (Wildman–Crippen LogP) is 2.30. The Kier molecular flexibility index (Phi) is 4.80. The van der Waals surface area contributed by atoms with Gasteiger partial charge in [-0.1, -0.05) is 12.8 Å². The quantitative estimate of drug-likeness (QED) is 0.644. The summed E-state index contributed by atoms with van der Waals surface area (Å²) in [4.78, 5) is 14.5. The van der Waals surface area contributed by atoms with Gasteiger partial charge in [-0.05, 0) is 44.1 Å². The molecule has 2 rings (SSSR count). The Bertz CT molecular complexity index is 437. The third-order valence-corrected chi connectivity index (χ3v) is 3.76. The molecule has 19 heavy (non-hydrogen) atoms. The lowest BCUT2D eigenvalue weighted by atomic mass is 10.1. The van der Waals surface area contributed by atoms with Gasteiger partial charge in [0, 0.05) is 18.5 Å². The molecule has 1 aliphatic rings. The molecule has 0 unspecified atom stereocenters. The van der Waals surface area contributed by atoms with Gasteiger partial charge in [0.05, 0.1) is 11.4 Å². The van der Waals surface area contributed by atoms with Crippen LogP contribution in [0.2, 0.25) is 0 Å². The van der Waals surface area contributed by atoms with Crippen molar-refractivity contribution in [3.8, 4) is 0 Å². The maximum Gasteiger partial charge on any atom is 0.164 e. The Morgan fingerprint density at radius 3 is 2.37 bits per heavy atom. The molecule has 0 amide bonds. The minimum Gasteiger partial charge on any atom is -0.397 e. The van der Waals surface area contributed by atoms with Crippen LogP contribution >= 0.6 is 0 Å². The molecule has 4 heteroatoms. The van der Waals surface area contributed by atoms with Gasteiger partial charge in [0.2, 0.25) is 0 Å². The van der Waals surface area contributed by atoms with Crippen LogP contribution in [0, 0.1) is 0 Å². The van der Waals surface area contributed by atoms with Gasteiger partial charge < -0.3 is 16.4 Å². The van der Waals surface area contributed by atoms with Crippen LogP contribution in [0.1, 0.15) is 42.5 Å². The van der Waals surface area contributed by atoms with Gasteiger partial charge in [0.1, 0.15) is 0 Å². The number of benzene rings is 1. The largest absolute Gasteiger partial charge is 0.397 e. The number of likely N-dealkylation sites (tertiary alicyclic amines) is 1. The number of nitrogen functional groups attached to an aromatic ring is 2. The van der Waals surface area contributed by atoms with E-state index in [2.05, 4.69) is 4.90 Å². The van der Waals surface area contributed by atoms with Gasteiger partial charge in [-0.25, -0.2) is 0 Å². The molecule has 1 aromatic carbocycles. The fourth-order valence-electron chi connectivity index (χ4n) is 2.51. The molecule has 0 spiro atoms. The summed E-state index contributed by atoms with van der Waals surface area (Å²) in [6.07, 6.45) is 5.70. The number of nitrogens with two attached hydrogens (primary N) is 2. The van der Waals surface area contributed by atoms with E-state index in [-0.39, 0.29) is 5.78 Å². The van der Waals surface area contributed by atoms with Gasteiger partial charge in [0.25, 0.3) is 0 Å². The fraction of sp³-hybridized carbons (Fsp3) is 0.533. The van der Waals surface area contributed by atoms with Crippen molar-refractivity contribution in [2.75, 3.05) is 31.1 Å². The van der Waals surface area contributed by atoms with Gasteiger partial charge in [-0.3, -0.25) is 4.79 Å². The molecule has 0 saturated carbocycles. The summed E-state index contributed by atoms with van der Waals surface area (Å²) >= 11 is 0. The van der Waals surface area contributed by atoms with E-state index in [1.807, 2.05) is 0 Å². The highest BCUT2D eigenvalue weighted by Gasteiger charge is 2.12. The van der Waals surface area contributed by atoms with E-state index >= 15 is 0 Å². The summed E-state index contributed by atoms with van der Waals surface area (Å²) in [6, 6.07) is 5.14. The van der Waals surface area contributed by atoms with Crippen LogP contribution in [-0.4, -0.2) is 30.3 Å². The monoisotopic (exact) mass is 261 g/mol. The molecule has 1 aliphatic heterocycles. The maximum absolute atomic E-state index is 12.1. The van der Waals surface area contributed by atoms with Gasteiger partial charge in [0.15, 0.2) is 5.78 Å². The first-order valence-corrected chi connectivity index (χ1v) is 7.07. The number of nitrogens with zero attached hydrogens (tertiary/aromatic N) is 1. The van der Waals surface area contributed by atoms with Gasteiger partial charge in [-0.2, -0.15) is 0 Å². The molecular formula is C15H23N3O. The summed E-state index contributed by atoms with van der Waals surface area (Å²) in [6.45, 7) is 3.09. The van der Waals surface area contributed by atoms with E-state index in [4.69, 9.17) is 11.5 Å². The number of carbonyl (C=O) groups excluding carboxylic acids is 1. The average molecular weight is 261 g/mol. The van der Waals surface area contributed by atoms with Gasteiger partial charge >= 0.3 is 0 Å². The van der Waals surface area contributed by atoms with Crippen molar-refractivity contribution in [3.05, 3.63) is 23.8 Å². The first-order chi connectivity index (χ1) is 9.16. The van der Waals surface area contributed by atoms with Gasteiger partial charge in [-0.15, -0.1) is 0 Å². The van der Waals surface area contributed by atoms with E-state index < -0.39 is 0 Å². The molecule has 0 radical (unpaired) electrons. The van der Waals surface area contributed by atoms with Crippen LogP contribution in [-0.2, 0) is 0 Å². The zero-order valence-electron chi connectivity index (χ0n) is 11.4. The van der Waals surface area contributed by atoms with E-state index in [9.17, 15) is 4.79 Å². The summed E-state index contributed by atoms with van der Waals surface area (Å²) < 4.78 is 0. The Balaban J connectivity index is 1.87. The molecule has 4 nitrogen and oxygen atoms in total. The molecule has 0 aliphatic carbocycles. The minimum absolute atomic E-state index is 0.149. The Morgan fingerprint density at radius 2 is 1.74 bits per heavy atom. The highest BCUT2D eigenvalue weighted by Crippen LogP contribution is 2.17. The number of ketones is 1. The lowest BCUT2D eigenvalue weighted by Gasteiger charge is -2.19. The summed E-state index contributed by atoms with van der Waals surface area (Å²) in [5.74, 6) is 0.149. The molecule has 4 N–H and O–H groups in total. The topological polar surface area (TPSA) is 72.4 Å². The molecular weight excluding hydrogens is 238 g/mol. The smallest absolute Gasteiger partial charge is 0.164 e. The SMILES string of the molecule is Nc1ccc(C(=O)CCN2CCCCCC2)cc1N. The normalized spacial score (nSPS) is 17.1. The molecule has 1 heterocycles. The van der Waals surface area contributed by atoms with Crippen LogP contribution in [0.3, 0.4) is 0 Å². The Hall–Kier alpha value is -1.55. The second kappa shape index (κ2) is 6.57. The number of rotatable bonds is 4. The average Bonchev–Trinajstić information content (AvgIpc) is 2.67. The second-order valence-electron chi connectivity index (χ2n) is 5.27. The van der Waals surface area contributed by atoms with Crippen LogP contribution in [0.5, 0.6) is 0 Å². The molecule has 0 aromatic heterocycles. The highest BCUT2D eigenvalue weighted by molar-refractivity contribution is 5.97. The number of hydrogen-bond donors (Lipinski definition) is 2. The van der Waals surface area contributed by atoms with Crippen LogP contribution in [0.15, 0.2) is 18.2 Å². The number of hydrogen-bond acceptors (Lipinski definition) is 4. The third kappa shape index (κ3) is 3.96. The van der Waals surface area contributed by atoms with Crippen molar-refractivity contribution in [3.63, 3.8) is 0 Å². The van der Waals surface area contributed by atoms with E-state index in [1.165, 1.54) is 25.7 Å². The summed E-state index contributed by atoms with van der Waals surface area (Å²) in [7, 11) is 0. The second-order valence-corrected chi connectivity index (χ2v) is 5.27. The number of carbonyl (C=O) groups is 1. The highest BCUT2D eigenvalue weighted by atomic mass is 16.1. The van der Waals surface area contributed by atoms with E-state index in [0.717, 1.165) is 19.6 Å². The van der Waals surface area contributed by atoms with E-state index in [1.54, 1.807) is 18.2 Å². The van der Waals surface area contributed by atoms with Crippen LogP contribution in [0.4, 0.5) is 11.4 Å². The van der Waals surface area contributed by atoms with Crippen molar-refractivity contribution in [1.29, 1.82) is 0 Å². The maximum atomic E-state index is 12.1. The lowest BCUT2D eigenvalue weighted by Crippen LogP contribution is -2.27. The molecule has 1 fully saturated rings. The first kappa shape index (κ1) is 13.9. The van der Waals surface area contributed by atoms with E-state index in [0.29, 0.717) is 23.4 Å². The third-order valence-electron chi connectivity index (χ3n) is 3.76. The molecule has 0 atom stereocenters. The van der Waals surface area contributed by atoms with Crippen molar-refractivity contribution in [2.24, 2.45) is 0 Å². The summed E-state index contributed by atoms with van der Waals surface area (Å²) in [5, 5.41) is 0. The Labute approximate surface area is 114 Å². The van der Waals surface area contributed by atoms with Crippen molar-refractivity contribution in [1.82, 2.24) is 4.90 Å². The van der Waals surface area contributed by atoms with Crippen molar-refractivity contribution >= 4 is 17.2 Å². The fourth-order valence-corrected chi connectivity index (χ4v) is 2.51. The number of Topliss-reactive ketones (excluding diaryl/α,β-unsaturated/α-hetero) is 1. The zero-order chi connectivity index (χ0) is 13.7. The van der Waals surface area contributed by atoms with Crippen molar-refractivity contribution < 1.29 is 4.79 Å². The first-order valence-electron chi connectivity index (χ1n) is 7.07. The molecule has 0 bridgehead atoms. The molecule has 104 valence electrons. The minimum atomic E-state index is 0.149. The predicted molar refractivity (Wildman–Crippen MR) is 79.1 cm³/mol. The van der Waals surface area contributed by atoms with Crippen LogP contribution < -0.4 is 11.5 Å². The zero-order valence-corrected chi connectivity index (χ0v) is 11.4. The molecule has 1 saturated heterocycles. The lowest BCUT2D eigenvalue weighted by molar-refractivity contribution is 0.0965. The Morgan fingerprint density at radius 1 is 1.05 bits per heavy atom. The standard InChI is InChI=1S/C15H23N3O/c16-13-6-5-12(11-14(13)17)15(19)7-10-18-8-3-1-2-4-9-18/h5-6,11H,1-4,7-10,16-17H2. The van der Waals surface area contributed by atoms with Crippen molar-refractivity contribution in [2.45, 2.75) is 32.1 Å². The summed E-state index contributed by atoms with van der Waals surface area (Å²) in [5.41, 5.74) is 13.1. The molecule has 1 aromatic rings. The van der Waals surface area contributed by atoms with Crippen LogP contribution in [0.25, 0.3) is 0 Å².